The van der Waals surface area contributed by atoms with E-state index in [1.807, 2.05) is 41.8 Å². The molecule has 0 aliphatic heterocycles. The van der Waals surface area contributed by atoms with Crippen LogP contribution >= 0.6 is 11.3 Å². The number of rotatable bonds is 5. The Morgan fingerprint density at radius 3 is 2.93 bits per heavy atom. The number of hydrogen-bond acceptors (Lipinski definition) is 5. The average Bonchev–Trinajstić information content (AvgIpc) is 3.34. The molecule has 3 heterocycles. The van der Waals surface area contributed by atoms with E-state index < -0.39 is 0 Å². The summed E-state index contributed by atoms with van der Waals surface area (Å²) in [6, 6.07) is 13.3. The zero-order valence-corrected chi connectivity index (χ0v) is 15.4. The van der Waals surface area contributed by atoms with Gasteiger partial charge in [-0.15, -0.1) is 11.3 Å². The molecule has 3 aromatic heterocycles. The largest absolute Gasteiger partial charge is 0.326 e. The number of aromatic amines is 1. The van der Waals surface area contributed by atoms with Crippen molar-refractivity contribution in [2.45, 2.75) is 19.8 Å². The van der Waals surface area contributed by atoms with E-state index in [2.05, 4.69) is 27.5 Å². The third-order valence-corrected chi connectivity index (χ3v) is 5.08. The lowest BCUT2D eigenvalue weighted by atomic mass is 10.1. The zero-order chi connectivity index (χ0) is 18.8. The third-order valence-electron chi connectivity index (χ3n) is 4.18. The lowest BCUT2D eigenvalue weighted by Crippen LogP contribution is -2.22. The van der Waals surface area contributed by atoms with E-state index in [0.717, 1.165) is 22.5 Å². The fraction of sp³-hybridized carbons (Fsp3) is 0.158. The van der Waals surface area contributed by atoms with Crippen LogP contribution in [0, 0.1) is 0 Å². The average molecular weight is 379 g/mol. The lowest BCUT2D eigenvalue weighted by molar-refractivity contribution is -0.115. The Labute approximate surface area is 158 Å². The van der Waals surface area contributed by atoms with Crippen LogP contribution in [-0.4, -0.2) is 25.7 Å². The van der Waals surface area contributed by atoms with Gasteiger partial charge in [0.15, 0.2) is 5.82 Å². The number of amides is 1. The smallest absolute Gasteiger partial charge is 0.290 e. The van der Waals surface area contributed by atoms with E-state index in [1.165, 1.54) is 15.9 Å². The lowest BCUT2D eigenvalue weighted by Gasteiger charge is -2.07. The molecule has 136 valence electrons. The molecule has 0 radical (unpaired) electrons. The second-order valence-corrected chi connectivity index (χ2v) is 7.00. The van der Waals surface area contributed by atoms with E-state index >= 15 is 0 Å². The first kappa shape index (κ1) is 17.2. The molecule has 8 heteroatoms. The molecular weight excluding hydrogens is 362 g/mol. The number of nitrogens with zero attached hydrogens (tertiary/aromatic N) is 3. The Bertz CT molecular complexity index is 1160. The van der Waals surface area contributed by atoms with Crippen LogP contribution in [0.1, 0.15) is 18.3 Å². The molecule has 0 unspecified atom stereocenters. The van der Waals surface area contributed by atoms with Crippen LogP contribution < -0.4 is 10.9 Å². The predicted molar refractivity (Wildman–Crippen MR) is 105 cm³/mol. The van der Waals surface area contributed by atoms with Crippen LogP contribution in [0.3, 0.4) is 0 Å². The Balaban J connectivity index is 1.62. The molecule has 27 heavy (non-hydrogen) atoms. The van der Waals surface area contributed by atoms with Gasteiger partial charge in [0, 0.05) is 5.69 Å². The quantitative estimate of drug-likeness (QED) is 0.558. The van der Waals surface area contributed by atoms with E-state index in [0.29, 0.717) is 17.0 Å². The van der Waals surface area contributed by atoms with Crippen molar-refractivity contribution in [3.8, 4) is 10.6 Å². The van der Waals surface area contributed by atoms with E-state index in [-0.39, 0.29) is 17.9 Å². The summed E-state index contributed by atoms with van der Waals surface area (Å²) in [6.07, 6.45) is 0.889. The minimum Gasteiger partial charge on any atom is -0.326 e. The molecule has 0 bridgehead atoms. The highest BCUT2D eigenvalue weighted by Crippen LogP contribution is 2.23. The molecule has 0 aliphatic carbocycles. The highest BCUT2D eigenvalue weighted by atomic mass is 32.1. The molecule has 0 saturated heterocycles. The fourth-order valence-corrected chi connectivity index (χ4v) is 3.52. The van der Waals surface area contributed by atoms with Crippen LogP contribution in [0.2, 0.25) is 0 Å². The summed E-state index contributed by atoms with van der Waals surface area (Å²) in [6.45, 7) is 2.06. The maximum absolute atomic E-state index is 12.5. The van der Waals surface area contributed by atoms with Gasteiger partial charge in [0.25, 0.3) is 5.56 Å². The number of hydrogen-bond donors (Lipinski definition) is 2. The van der Waals surface area contributed by atoms with Crippen LogP contribution in [0.4, 0.5) is 5.69 Å². The SMILES string of the molecule is CCc1cccc(NC(=O)Cc2n[nH]c(=O)c3cc(-c4cccs4)nn23)c1. The van der Waals surface area contributed by atoms with Crippen molar-refractivity contribution in [2.24, 2.45) is 0 Å². The first-order chi connectivity index (χ1) is 13.1. The van der Waals surface area contributed by atoms with Crippen molar-refractivity contribution in [3.63, 3.8) is 0 Å². The summed E-state index contributed by atoms with van der Waals surface area (Å²) < 4.78 is 1.44. The van der Waals surface area contributed by atoms with Crippen molar-refractivity contribution in [3.05, 3.63) is 69.6 Å². The molecule has 0 atom stereocenters. The molecular formula is C19H17N5O2S. The van der Waals surface area contributed by atoms with Gasteiger partial charge in [-0.3, -0.25) is 9.59 Å². The number of aryl methyl sites for hydroxylation is 1. The summed E-state index contributed by atoms with van der Waals surface area (Å²) in [5.41, 5.74) is 2.58. The number of carbonyl (C=O) groups is 1. The zero-order valence-electron chi connectivity index (χ0n) is 14.6. The van der Waals surface area contributed by atoms with Crippen molar-refractivity contribution in [1.29, 1.82) is 0 Å². The standard InChI is InChI=1S/C19H17N5O2S/c1-2-12-5-3-6-13(9-12)20-18(25)11-17-21-22-19(26)15-10-14(23-24(15)17)16-7-4-8-27-16/h3-10H,2,11H2,1H3,(H,20,25)(H,22,26). The number of anilines is 1. The van der Waals surface area contributed by atoms with Gasteiger partial charge in [0.1, 0.15) is 11.2 Å². The highest BCUT2D eigenvalue weighted by Gasteiger charge is 2.15. The molecule has 1 aromatic carbocycles. The summed E-state index contributed by atoms with van der Waals surface area (Å²) in [4.78, 5) is 25.5. The number of thiophene rings is 1. The number of fused-ring (bicyclic) bond motifs is 1. The Morgan fingerprint density at radius 2 is 2.15 bits per heavy atom. The Hall–Kier alpha value is -3.26. The van der Waals surface area contributed by atoms with Gasteiger partial charge in [-0.25, -0.2) is 9.61 Å². The van der Waals surface area contributed by atoms with Crippen molar-refractivity contribution >= 4 is 28.4 Å². The molecule has 4 rings (SSSR count). The fourth-order valence-electron chi connectivity index (χ4n) is 2.84. The summed E-state index contributed by atoms with van der Waals surface area (Å²) in [7, 11) is 0. The molecule has 0 spiro atoms. The van der Waals surface area contributed by atoms with Gasteiger partial charge in [0.05, 0.1) is 11.3 Å². The maximum atomic E-state index is 12.5. The number of aromatic nitrogens is 4. The van der Waals surface area contributed by atoms with Gasteiger partial charge in [-0.2, -0.15) is 10.2 Å². The number of H-pyrrole nitrogens is 1. The number of carbonyl (C=O) groups excluding carboxylic acids is 1. The van der Waals surface area contributed by atoms with Gasteiger partial charge >= 0.3 is 0 Å². The summed E-state index contributed by atoms with van der Waals surface area (Å²) in [5, 5.41) is 15.7. The number of benzene rings is 1. The molecule has 2 N–H and O–H groups in total. The van der Waals surface area contributed by atoms with Crippen molar-refractivity contribution < 1.29 is 4.79 Å². The molecule has 0 fully saturated rings. The molecule has 0 aliphatic rings. The molecule has 0 saturated carbocycles. The monoisotopic (exact) mass is 379 g/mol. The second kappa shape index (κ2) is 7.16. The first-order valence-corrected chi connectivity index (χ1v) is 9.42. The van der Waals surface area contributed by atoms with E-state index in [1.54, 1.807) is 6.07 Å². The number of nitrogens with one attached hydrogen (secondary N) is 2. The third kappa shape index (κ3) is 3.52. The van der Waals surface area contributed by atoms with Crippen LogP contribution in [0.25, 0.3) is 16.1 Å². The van der Waals surface area contributed by atoms with Gasteiger partial charge in [-0.1, -0.05) is 25.1 Å². The topological polar surface area (TPSA) is 92.1 Å². The highest BCUT2D eigenvalue weighted by molar-refractivity contribution is 7.13. The van der Waals surface area contributed by atoms with Gasteiger partial charge < -0.3 is 5.32 Å². The summed E-state index contributed by atoms with van der Waals surface area (Å²) >= 11 is 1.53. The predicted octanol–water partition coefficient (Wildman–Crippen LogP) is 2.89. The van der Waals surface area contributed by atoms with Crippen LogP contribution in [0.5, 0.6) is 0 Å². The Kier molecular flexibility index (Phi) is 4.55. The van der Waals surface area contributed by atoms with Gasteiger partial charge in [-0.05, 0) is 41.6 Å². The van der Waals surface area contributed by atoms with Crippen LogP contribution in [-0.2, 0) is 17.6 Å². The summed E-state index contributed by atoms with van der Waals surface area (Å²) in [5.74, 6) is 0.147. The molecule has 4 aromatic rings. The molecule has 7 nitrogen and oxygen atoms in total. The van der Waals surface area contributed by atoms with E-state index in [4.69, 9.17) is 0 Å². The van der Waals surface area contributed by atoms with Crippen LogP contribution in [0.15, 0.2) is 52.6 Å². The van der Waals surface area contributed by atoms with Crippen molar-refractivity contribution in [2.75, 3.05) is 5.32 Å². The minimum atomic E-state index is -0.342. The minimum absolute atomic E-state index is 0.00477. The second-order valence-electron chi connectivity index (χ2n) is 6.05. The van der Waals surface area contributed by atoms with Gasteiger partial charge in [0.2, 0.25) is 5.91 Å². The normalized spacial score (nSPS) is 11.0. The first-order valence-electron chi connectivity index (χ1n) is 8.54. The van der Waals surface area contributed by atoms with E-state index in [9.17, 15) is 9.59 Å². The van der Waals surface area contributed by atoms with Crippen molar-refractivity contribution in [1.82, 2.24) is 19.8 Å². The Morgan fingerprint density at radius 1 is 1.26 bits per heavy atom. The maximum Gasteiger partial charge on any atom is 0.290 e. The molecule has 1 amide bonds.